The van der Waals surface area contributed by atoms with E-state index in [-0.39, 0.29) is 0 Å². The summed E-state index contributed by atoms with van der Waals surface area (Å²) in [7, 11) is 0. The molecule has 0 aromatic heterocycles. The minimum Gasteiger partial charge on any atom is -0.379 e. The lowest BCUT2D eigenvalue weighted by molar-refractivity contribution is -0.122. The molecule has 1 rings (SSSR count). The number of nitrogens with zero attached hydrogens (tertiary/aromatic N) is 1. The summed E-state index contributed by atoms with van der Waals surface area (Å²) >= 11 is 0. The lowest BCUT2D eigenvalue weighted by Gasteiger charge is -2.32. The van der Waals surface area contributed by atoms with Gasteiger partial charge >= 0.3 is 0 Å². The molecule has 1 aliphatic rings. The summed E-state index contributed by atoms with van der Waals surface area (Å²) in [4.78, 5) is 13.7. The minimum atomic E-state index is 0.339. The predicted molar refractivity (Wildman–Crippen MR) is 65.6 cm³/mol. The van der Waals surface area contributed by atoms with Gasteiger partial charge in [-0.1, -0.05) is 0 Å². The number of carbonyl (C=O) groups excluding carboxylic acids is 1. The Balaban J connectivity index is 2.06. The fraction of sp³-hybridized carbons (Fsp3) is 0.923. The summed E-state index contributed by atoms with van der Waals surface area (Å²) in [5.41, 5.74) is 0. The molecule has 1 aliphatic heterocycles. The fourth-order valence-corrected chi connectivity index (χ4v) is 2.12. The Morgan fingerprint density at radius 1 is 1.44 bits per heavy atom. The second kappa shape index (κ2) is 7.02. The number of ketones is 1. The van der Waals surface area contributed by atoms with Crippen molar-refractivity contribution < 1.29 is 9.53 Å². The van der Waals surface area contributed by atoms with Crippen LogP contribution in [0.15, 0.2) is 0 Å². The molecule has 0 aromatic carbocycles. The third-order valence-electron chi connectivity index (χ3n) is 3.12. The van der Waals surface area contributed by atoms with Crippen molar-refractivity contribution in [1.82, 2.24) is 4.90 Å². The first-order chi connectivity index (χ1) is 7.59. The molecule has 0 spiro atoms. The number of Topliss-reactive ketones (excluding diaryl/α,β-unsaturated/α-hetero) is 1. The Kier molecular flexibility index (Phi) is 5.99. The highest BCUT2D eigenvalue weighted by atomic mass is 16.5. The van der Waals surface area contributed by atoms with E-state index in [1.54, 1.807) is 0 Å². The molecule has 94 valence electrons. The maximum absolute atomic E-state index is 11.2. The van der Waals surface area contributed by atoms with Crippen LogP contribution in [0.2, 0.25) is 0 Å². The zero-order valence-corrected chi connectivity index (χ0v) is 10.9. The second-order valence-electron chi connectivity index (χ2n) is 5.00. The van der Waals surface area contributed by atoms with Crippen LogP contribution < -0.4 is 0 Å². The molecule has 0 aromatic rings. The topological polar surface area (TPSA) is 29.5 Å². The highest BCUT2D eigenvalue weighted by molar-refractivity contribution is 5.79. The van der Waals surface area contributed by atoms with Crippen molar-refractivity contribution in [2.75, 3.05) is 19.7 Å². The van der Waals surface area contributed by atoms with Gasteiger partial charge in [0, 0.05) is 32.0 Å². The number of likely N-dealkylation sites (tertiary alicyclic amines) is 1. The van der Waals surface area contributed by atoms with E-state index in [1.807, 2.05) is 0 Å². The van der Waals surface area contributed by atoms with Crippen molar-refractivity contribution in [1.29, 1.82) is 0 Å². The van der Waals surface area contributed by atoms with Gasteiger partial charge in [-0.15, -0.1) is 0 Å². The van der Waals surface area contributed by atoms with Crippen LogP contribution in [0.4, 0.5) is 0 Å². The number of unbranched alkanes of at least 4 members (excludes halogenated alkanes) is 1. The zero-order valence-electron chi connectivity index (χ0n) is 10.9. The van der Waals surface area contributed by atoms with E-state index in [4.69, 9.17) is 4.74 Å². The second-order valence-corrected chi connectivity index (χ2v) is 5.00. The maximum atomic E-state index is 11.2. The monoisotopic (exact) mass is 227 g/mol. The van der Waals surface area contributed by atoms with Gasteiger partial charge in [-0.3, -0.25) is 9.69 Å². The third-order valence-corrected chi connectivity index (χ3v) is 3.12. The van der Waals surface area contributed by atoms with Crippen LogP contribution in [-0.4, -0.2) is 42.5 Å². The van der Waals surface area contributed by atoms with E-state index in [9.17, 15) is 4.79 Å². The zero-order chi connectivity index (χ0) is 12.0. The molecule has 1 atom stereocenters. The van der Waals surface area contributed by atoms with Crippen molar-refractivity contribution >= 4 is 5.78 Å². The van der Waals surface area contributed by atoms with Gasteiger partial charge in [-0.05, 0) is 40.2 Å². The Hall–Kier alpha value is -0.410. The molecule has 1 heterocycles. The first-order valence-corrected chi connectivity index (χ1v) is 6.47. The van der Waals surface area contributed by atoms with Gasteiger partial charge in [0.15, 0.2) is 0 Å². The smallest absolute Gasteiger partial charge is 0.135 e. The van der Waals surface area contributed by atoms with Crippen molar-refractivity contribution in [2.45, 2.75) is 58.6 Å². The highest BCUT2D eigenvalue weighted by Crippen LogP contribution is 2.14. The molecule has 3 heteroatoms. The molecule has 3 nitrogen and oxygen atoms in total. The standard InChI is InChI=1S/C13H25NO2/c1-11(2)16-9-5-4-7-14-8-6-13(15)10-12(14)3/h11-12H,4-10H2,1-3H3. The molecule has 1 fully saturated rings. The van der Waals surface area contributed by atoms with Crippen LogP contribution in [0.3, 0.4) is 0 Å². The van der Waals surface area contributed by atoms with E-state index >= 15 is 0 Å². The minimum absolute atomic E-state index is 0.339. The van der Waals surface area contributed by atoms with Gasteiger partial charge < -0.3 is 4.74 Å². The number of carbonyl (C=O) groups is 1. The molecular weight excluding hydrogens is 202 g/mol. The molecule has 1 unspecified atom stereocenters. The molecule has 16 heavy (non-hydrogen) atoms. The van der Waals surface area contributed by atoms with Crippen molar-refractivity contribution in [3.8, 4) is 0 Å². The summed E-state index contributed by atoms with van der Waals surface area (Å²) < 4.78 is 5.50. The number of hydrogen-bond donors (Lipinski definition) is 0. The quantitative estimate of drug-likeness (QED) is 0.652. The largest absolute Gasteiger partial charge is 0.379 e. The van der Waals surface area contributed by atoms with Crippen molar-refractivity contribution in [3.63, 3.8) is 0 Å². The van der Waals surface area contributed by atoms with E-state index in [0.717, 1.165) is 39.0 Å². The van der Waals surface area contributed by atoms with Gasteiger partial charge in [0.2, 0.25) is 0 Å². The van der Waals surface area contributed by atoms with Gasteiger partial charge in [-0.2, -0.15) is 0 Å². The summed E-state index contributed by atoms with van der Waals surface area (Å²) in [5, 5.41) is 0. The van der Waals surface area contributed by atoms with Gasteiger partial charge in [0.1, 0.15) is 5.78 Å². The van der Waals surface area contributed by atoms with Gasteiger partial charge in [-0.25, -0.2) is 0 Å². The normalized spacial score (nSPS) is 23.0. The molecule has 0 amide bonds. The molecule has 0 radical (unpaired) electrons. The first-order valence-electron chi connectivity index (χ1n) is 6.47. The number of rotatable bonds is 6. The average molecular weight is 227 g/mol. The van der Waals surface area contributed by atoms with Crippen LogP contribution in [0.25, 0.3) is 0 Å². The number of ether oxygens (including phenoxy) is 1. The summed E-state index contributed by atoms with van der Waals surface area (Å²) in [5.74, 6) is 0.423. The summed E-state index contributed by atoms with van der Waals surface area (Å²) in [6.45, 7) is 9.21. The molecule has 0 aliphatic carbocycles. The summed E-state index contributed by atoms with van der Waals surface area (Å²) in [6, 6.07) is 0.437. The number of hydrogen-bond acceptors (Lipinski definition) is 3. The van der Waals surface area contributed by atoms with Crippen molar-refractivity contribution in [3.05, 3.63) is 0 Å². The van der Waals surface area contributed by atoms with E-state index in [1.165, 1.54) is 6.42 Å². The van der Waals surface area contributed by atoms with Crippen LogP contribution in [-0.2, 0) is 9.53 Å². The van der Waals surface area contributed by atoms with Crippen LogP contribution in [0.5, 0.6) is 0 Å². The lowest BCUT2D eigenvalue weighted by Crippen LogP contribution is -2.41. The predicted octanol–water partition coefficient (Wildman–Crippen LogP) is 2.25. The van der Waals surface area contributed by atoms with Crippen molar-refractivity contribution in [2.24, 2.45) is 0 Å². The van der Waals surface area contributed by atoms with Crippen LogP contribution in [0, 0.1) is 0 Å². The Labute approximate surface area is 99.1 Å². The Morgan fingerprint density at radius 2 is 2.19 bits per heavy atom. The van der Waals surface area contributed by atoms with Crippen LogP contribution >= 0.6 is 0 Å². The molecule has 1 saturated heterocycles. The Bertz CT molecular complexity index is 216. The van der Waals surface area contributed by atoms with E-state index < -0.39 is 0 Å². The summed E-state index contributed by atoms with van der Waals surface area (Å²) in [6.07, 6.45) is 4.11. The average Bonchev–Trinajstić information content (AvgIpc) is 2.20. The molecule has 0 saturated carbocycles. The van der Waals surface area contributed by atoms with Gasteiger partial charge in [0.25, 0.3) is 0 Å². The fourth-order valence-electron chi connectivity index (χ4n) is 2.12. The van der Waals surface area contributed by atoms with E-state index in [0.29, 0.717) is 17.9 Å². The molecule has 0 N–H and O–H groups in total. The highest BCUT2D eigenvalue weighted by Gasteiger charge is 2.22. The lowest BCUT2D eigenvalue weighted by atomic mass is 10.0. The third kappa shape index (κ3) is 5.08. The number of piperidine rings is 1. The maximum Gasteiger partial charge on any atom is 0.135 e. The first kappa shape index (κ1) is 13.7. The Morgan fingerprint density at radius 3 is 2.81 bits per heavy atom. The van der Waals surface area contributed by atoms with E-state index in [2.05, 4.69) is 25.7 Å². The van der Waals surface area contributed by atoms with Crippen LogP contribution in [0.1, 0.15) is 46.5 Å². The molecule has 0 bridgehead atoms. The molecular formula is C13H25NO2. The van der Waals surface area contributed by atoms with Gasteiger partial charge in [0.05, 0.1) is 6.10 Å². The SMILES string of the molecule is CC(C)OCCCCN1CCC(=O)CC1C.